The SMILES string of the molecule is CC[C@H](CNC(=O)Nc1cn[nH]c1)N1CCc2ccccc2C1. The molecule has 0 aliphatic carbocycles. The molecule has 1 atom stereocenters. The Balaban J connectivity index is 1.53. The van der Waals surface area contributed by atoms with Gasteiger partial charge in [-0.2, -0.15) is 5.10 Å². The van der Waals surface area contributed by atoms with Gasteiger partial charge in [0.25, 0.3) is 0 Å². The molecule has 0 bridgehead atoms. The number of carbonyl (C=O) groups is 1. The number of amides is 2. The summed E-state index contributed by atoms with van der Waals surface area (Å²) in [6, 6.07) is 8.77. The highest BCUT2D eigenvalue weighted by Crippen LogP contribution is 2.21. The van der Waals surface area contributed by atoms with Crippen molar-refractivity contribution in [3.63, 3.8) is 0 Å². The highest BCUT2D eigenvalue weighted by molar-refractivity contribution is 5.88. The third-order valence-corrected chi connectivity index (χ3v) is 4.40. The zero-order valence-electron chi connectivity index (χ0n) is 13.4. The zero-order valence-corrected chi connectivity index (χ0v) is 13.4. The van der Waals surface area contributed by atoms with Gasteiger partial charge in [-0.05, 0) is 24.0 Å². The third-order valence-electron chi connectivity index (χ3n) is 4.40. The van der Waals surface area contributed by atoms with Crippen molar-refractivity contribution in [1.29, 1.82) is 0 Å². The van der Waals surface area contributed by atoms with E-state index in [1.165, 1.54) is 11.1 Å². The summed E-state index contributed by atoms with van der Waals surface area (Å²) in [7, 11) is 0. The van der Waals surface area contributed by atoms with Crippen LogP contribution in [-0.4, -0.2) is 40.3 Å². The summed E-state index contributed by atoms with van der Waals surface area (Å²) in [4.78, 5) is 14.4. The maximum Gasteiger partial charge on any atom is 0.319 e. The fourth-order valence-electron chi connectivity index (χ4n) is 3.07. The van der Waals surface area contributed by atoms with Crippen molar-refractivity contribution in [3.8, 4) is 0 Å². The lowest BCUT2D eigenvalue weighted by Gasteiger charge is -2.35. The lowest BCUT2D eigenvalue weighted by Crippen LogP contribution is -2.46. The largest absolute Gasteiger partial charge is 0.336 e. The van der Waals surface area contributed by atoms with Gasteiger partial charge in [0, 0.05) is 31.9 Å². The van der Waals surface area contributed by atoms with Crippen LogP contribution < -0.4 is 10.6 Å². The molecule has 2 amide bonds. The molecular weight excluding hydrogens is 290 g/mol. The van der Waals surface area contributed by atoms with Crippen molar-refractivity contribution >= 4 is 11.7 Å². The summed E-state index contributed by atoms with van der Waals surface area (Å²) < 4.78 is 0. The molecule has 0 fully saturated rings. The number of hydrogen-bond donors (Lipinski definition) is 3. The van der Waals surface area contributed by atoms with Gasteiger partial charge >= 0.3 is 6.03 Å². The Labute approximate surface area is 136 Å². The van der Waals surface area contributed by atoms with E-state index in [9.17, 15) is 4.79 Å². The minimum Gasteiger partial charge on any atom is -0.336 e. The van der Waals surface area contributed by atoms with Gasteiger partial charge in [-0.3, -0.25) is 10.00 Å². The van der Waals surface area contributed by atoms with Crippen molar-refractivity contribution in [2.45, 2.75) is 32.4 Å². The first-order chi connectivity index (χ1) is 11.3. The van der Waals surface area contributed by atoms with E-state index in [0.29, 0.717) is 18.3 Å². The third kappa shape index (κ3) is 3.90. The van der Waals surface area contributed by atoms with Gasteiger partial charge in [0.15, 0.2) is 0 Å². The second-order valence-electron chi connectivity index (χ2n) is 5.87. The van der Waals surface area contributed by atoms with Gasteiger partial charge in [0.05, 0.1) is 11.9 Å². The Morgan fingerprint density at radius 1 is 1.39 bits per heavy atom. The Morgan fingerprint density at radius 3 is 2.96 bits per heavy atom. The first-order valence-corrected chi connectivity index (χ1v) is 8.10. The maximum absolute atomic E-state index is 11.9. The van der Waals surface area contributed by atoms with E-state index in [4.69, 9.17) is 0 Å². The molecule has 1 aromatic carbocycles. The Morgan fingerprint density at radius 2 is 2.22 bits per heavy atom. The molecule has 23 heavy (non-hydrogen) atoms. The van der Waals surface area contributed by atoms with Gasteiger partial charge in [-0.15, -0.1) is 0 Å². The van der Waals surface area contributed by atoms with E-state index in [-0.39, 0.29) is 6.03 Å². The molecule has 2 heterocycles. The highest BCUT2D eigenvalue weighted by atomic mass is 16.2. The molecule has 3 rings (SSSR count). The van der Waals surface area contributed by atoms with Gasteiger partial charge < -0.3 is 10.6 Å². The number of rotatable bonds is 5. The summed E-state index contributed by atoms with van der Waals surface area (Å²) in [5, 5.41) is 12.2. The quantitative estimate of drug-likeness (QED) is 0.793. The number of anilines is 1. The molecule has 0 saturated carbocycles. The summed E-state index contributed by atoms with van der Waals surface area (Å²) in [5.41, 5.74) is 3.52. The number of fused-ring (bicyclic) bond motifs is 1. The van der Waals surface area contributed by atoms with Gasteiger partial charge in [0.2, 0.25) is 0 Å². The summed E-state index contributed by atoms with van der Waals surface area (Å²) >= 11 is 0. The highest BCUT2D eigenvalue weighted by Gasteiger charge is 2.22. The van der Waals surface area contributed by atoms with Crippen LogP contribution in [-0.2, 0) is 13.0 Å². The normalized spacial score (nSPS) is 15.7. The van der Waals surface area contributed by atoms with Crippen LogP contribution in [0.2, 0.25) is 0 Å². The second kappa shape index (κ2) is 7.28. The molecule has 3 N–H and O–H groups in total. The van der Waals surface area contributed by atoms with Crippen LogP contribution in [0.4, 0.5) is 10.5 Å². The number of nitrogens with one attached hydrogen (secondary N) is 3. The smallest absolute Gasteiger partial charge is 0.319 e. The second-order valence-corrected chi connectivity index (χ2v) is 5.87. The van der Waals surface area contributed by atoms with E-state index in [2.05, 4.69) is 56.9 Å². The van der Waals surface area contributed by atoms with Crippen LogP contribution in [0.3, 0.4) is 0 Å². The van der Waals surface area contributed by atoms with E-state index < -0.39 is 0 Å². The predicted molar refractivity (Wildman–Crippen MR) is 90.2 cm³/mol. The molecule has 122 valence electrons. The minimum atomic E-state index is -0.192. The number of urea groups is 1. The van der Waals surface area contributed by atoms with E-state index in [1.807, 2.05) is 0 Å². The molecule has 0 spiro atoms. The molecule has 2 aromatic rings. The zero-order chi connectivity index (χ0) is 16.1. The molecular formula is C17H23N5O. The predicted octanol–water partition coefficient (Wildman–Crippen LogP) is 2.37. The van der Waals surface area contributed by atoms with E-state index in [0.717, 1.165) is 25.9 Å². The number of nitrogens with zero attached hydrogens (tertiary/aromatic N) is 2. The van der Waals surface area contributed by atoms with Crippen molar-refractivity contribution in [1.82, 2.24) is 20.4 Å². The number of H-pyrrole nitrogens is 1. The fourth-order valence-corrected chi connectivity index (χ4v) is 3.07. The standard InChI is InChI=1S/C17H23N5O/c1-2-16(11-18-17(23)21-15-9-19-20-10-15)22-8-7-13-5-3-4-6-14(13)12-22/h3-6,9-10,16H,2,7-8,11-12H2,1H3,(H,19,20)(H2,18,21,23)/t16-/m1/s1. The molecule has 6 heteroatoms. The van der Waals surface area contributed by atoms with Crippen LogP contribution in [0.25, 0.3) is 0 Å². The van der Waals surface area contributed by atoms with Crippen molar-refractivity contribution in [2.75, 3.05) is 18.4 Å². The van der Waals surface area contributed by atoms with Gasteiger partial charge in [0.1, 0.15) is 0 Å². The molecule has 1 aliphatic heterocycles. The first kappa shape index (κ1) is 15.6. The Bertz CT molecular complexity index is 640. The average molecular weight is 313 g/mol. The van der Waals surface area contributed by atoms with Crippen molar-refractivity contribution in [3.05, 3.63) is 47.8 Å². The van der Waals surface area contributed by atoms with Crippen LogP contribution in [0.1, 0.15) is 24.5 Å². The molecule has 0 unspecified atom stereocenters. The van der Waals surface area contributed by atoms with Gasteiger partial charge in [-0.1, -0.05) is 31.2 Å². The Hall–Kier alpha value is -2.34. The van der Waals surface area contributed by atoms with Crippen molar-refractivity contribution in [2.24, 2.45) is 0 Å². The van der Waals surface area contributed by atoms with E-state index in [1.54, 1.807) is 12.4 Å². The van der Waals surface area contributed by atoms with Gasteiger partial charge in [-0.25, -0.2) is 4.79 Å². The summed E-state index contributed by atoms with van der Waals surface area (Å²) in [5.74, 6) is 0. The summed E-state index contributed by atoms with van der Waals surface area (Å²) in [6.45, 7) is 4.81. The van der Waals surface area contributed by atoms with Crippen LogP contribution >= 0.6 is 0 Å². The van der Waals surface area contributed by atoms with Crippen molar-refractivity contribution < 1.29 is 4.79 Å². The maximum atomic E-state index is 11.9. The van der Waals surface area contributed by atoms with Crippen LogP contribution in [0, 0.1) is 0 Å². The number of carbonyl (C=O) groups excluding carboxylic acids is 1. The van der Waals surface area contributed by atoms with Crippen LogP contribution in [0.15, 0.2) is 36.7 Å². The van der Waals surface area contributed by atoms with Crippen LogP contribution in [0.5, 0.6) is 0 Å². The van der Waals surface area contributed by atoms with E-state index >= 15 is 0 Å². The number of aromatic nitrogens is 2. The average Bonchev–Trinajstić information content (AvgIpc) is 3.08. The number of aromatic amines is 1. The first-order valence-electron chi connectivity index (χ1n) is 8.10. The fraction of sp³-hybridized carbons (Fsp3) is 0.412. The molecule has 1 aromatic heterocycles. The molecule has 0 saturated heterocycles. The number of benzene rings is 1. The molecule has 6 nitrogen and oxygen atoms in total. The number of hydrogen-bond acceptors (Lipinski definition) is 3. The summed E-state index contributed by atoms with van der Waals surface area (Å²) in [6.07, 6.45) is 5.32. The lowest BCUT2D eigenvalue weighted by molar-refractivity contribution is 0.170. The minimum absolute atomic E-state index is 0.192. The lowest BCUT2D eigenvalue weighted by atomic mass is 9.98. The molecule has 1 aliphatic rings. The monoisotopic (exact) mass is 313 g/mol. The molecule has 0 radical (unpaired) electrons. The topological polar surface area (TPSA) is 73.0 Å². The Kier molecular flexibility index (Phi) is 4.92.